The summed E-state index contributed by atoms with van der Waals surface area (Å²) in [6, 6.07) is 5.16. The van der Waals surface area contributed by atoms with Gasteiger partial charge in [0.05, 0.1) is 12.7 Å². The van der Waals surface area contributed by atoms with Crippen molar-refractivity contribution < 1.29 is 9.13 Å². The summed E-state index contributed by atoms with van der Waals surface area (Å²) in [6.45, 7) is 3.83. The van der Waals surface area contributed by atoms with Crippen molar-refractivity contribution >= 4 is 27.7 Å². The first-order valence-electron chi connectivity index (χ1n) is 6.57. The van der Waals surface area contributed by atoms with E-state index in [1.807, 2.05) is 17.8 Å². The molecular weight excluding hydrogens is 329 g/mol. The summed E-state index contributed by atoms with van der Waals surface area (Å²) in [4.78, 5) is 0. The van der Waals surface area contributed by atoms with Crippen LogP contribution < -0.4 is 5.32 Å². The van der Waals surface area contributed by atoms with Crippen molar-refractivity contribution in [1.82, 2.24) is 5.32 Å². The van der Waals surface area contributed by atoms with E-state index in [4.69, 9.17) is 4.74 Å². The highest BCUT2D eigenvalue weighted by atomic mass is 79.9. The van der Waals surface area contributed by atoms with Crippen LogP contribution in [0.1, 0.15) is 12.5 Å². The third kappa shape index (κ3) is 4.45. The van der Waals surface area contributed by atoms with E-state index in [1.54, 1.807) is 0 Å². The molecule has 1 N–H and O–H groups in total. The van der Waals surface area contributed by atoms with E-state index >= 15 is 0 Å². The Morgan fingerprint density at radius 3 is 3.05 bits per heavy atom. The third-order valence-electron chi connectivity index (χ3n) is 3.21. The fraction of sp³-hybridized carbons (Fsp3) is 0.571. The Bertz CT molecular complexity index is 412. The van der Waals surface area contributed by atoms with Crippen LogP contribution in [0, 0.1) is 5.82 Å². The van der Waals surface area contributed by atoms with Crippen molar-refractivity contribution in [3.05, 3.63) is 34.1 Å². The molecule has 1 aliphatic rings. The highest BCUT2D eigenvalue weighted by Gasteiger charge is 2.25. The van der Waals surface area contributed by atoms with Crippen LogP contribution in [-0.2, 0) is 11.2 Å². The molecule has 0 spiro atoms. The van der Waals surface area contributed by atoms with Gasteiger partial charge >= 0.3 is 0 Å². The van der Waals surface area contributed by atoms with Crippen LogP contribution in [-0.4, -0.2) is 36.8 Å². The SMILES string of the molecule is CCNC(Cc1ccc(F)cc1Br)C1CSCCO1. The van der Waals surface area contributed by atoms with Gasteiger partial charge in [-0.15, -0.1) is 0 Å². The van der Waals surface area contributed by atoms with Crippen LogP contribution in [0.4, 0.5) is 4.39 Å². The van der Waals surface area contributed by atoms with E-state index < -0.39 is 0 Å². The molecule has 1 saturated heterocycles. The molecule has 1 aromatic carbocycles. The minimum Gasteiger partial charge on any atom is -0.375 e. The Hall–Kier alpha value is -0.100. The van der Waals surface area contributed by atoms with Gasteiger partial charge in [-0.05, 0) is 30.7 Å². The van der Waals surface area contributed by atoms with Crippen molar-refractivity contribution in [3.63, 3.8) is 0 Å². The molecule has 2 rings (SSSR count). The maximum absolute atomic E-state index is 13.1. The van der Waals surface area contributed by atoms with Gasteiger partial charge in [0.25, 0.3) is 0 Å². The molecular formula is C14H19BrFNOS. The highest BCUT2D eigenvalue weighted by molar-refractivity contribution is 9.10. The van der Waals surface area contributed by atoms with E-state index in [1.165, 1.54) is 12.1 Å². The van der Waals surface area contributed by atoms with E-state index in [2.05, 4.69) is 28.2 Å². The highest BCUT2D eigenvalue weighted by Crippen LogP contribution is 2.23. The number of halogens is 2. The van der Waals surface area contributed by atoms with Crippen LogP contribution >= 0.6 is 27.7 Å². The lowest BCUT2D eigenvalue weighted by atomic mass is 10.0. The van der Waals surface area contributed by atoms with Gasteiger partial charge < -0.3 is 10.1 Å². The summed E-state index contributed by atoms with van der Waals surface area (Å²) in [5.41, 5.74) is 1.12. The molecule has 0 bridgehead atoms. The molecule has 0 amide bonds. The summed E-state index contributed by atoms with van der Waals surface area (Å²) in [7, 11) is 0. The van der Waals surface area contributed by atoms with Crippen LogP contribution in [0.3, 0.4) is 0 Å². The maximum Gasteiger partial charge on any atom is 0.124 e. The first-order valence-corrected chi connectivity index (χ1v) is 8.52. The molecule has 2 atom stereocenters. The fourth-order valence-corrected chi connectivity index (χ4v) is 3.71. The van der Waals surface area contributed by atoms with E-state index in [9.17, 15) is 4.39 Å². The van der Waals surface area contributed by atoms with Gasteiger partial charge in [-0.1, -0.05) is 28.9 Å². The topological polar surface area (TPSA) is 21.3 Å². The predicted octanol–water partition coefficient (Wildman–Crippen LogP) is 3.24. The fourth-order valence-electron chi connectivity index (χ4n) is 2.26. The molecule has 1 heterocycles. The summed E-state index contributed by atoms with van der Waals surface area (Å²) in [5, 5.41) is 3.49. The lowest BCUT2D eigenvalue weighted by molar-refractivity contribution is 0.0475. The van der Waals surface area contributed by atoms with Crippen molar-refractivity contribution in [2.45, 2.75) is 25.5 Å². The zero-order chi connectivity index (χ0) is 13.7. The van der Waals surface area contributed by atoms with Gasteiger partial charge in [-0.3, -0.25) is 0 Å². The summed E-state index contributed by atoms with van der Waals surface area (Å²) >= 11 is 5.37. The van der Waals surface area contributed by atoms with Gasteiger partial charge in [0.15, 0.2) is 0 Å². The average molecular weight is 348 g/mol. The number of likely N-dealkylation sites (N-methyl/N-ethyl adjacent to an activating group) is 1. The lowest BCUT2D eigenvalue weighted by Crippen LogP contribution is -2.46. The zero-order valence-electron chi connectivity index (χ0n) is 11.0. The Labute approximate surface area is 126 Å². The van der Waals surface area contributed by atoms with Gasteiger partial charge in [-0.2, -0.15) is 11.8 Å². The van der Waals surface area contributed by atoms with Crippen LogP contribution in [0.2, 0.25) is 0 Å². The second-order valence-electron chi connectivity index (χ2n) is 4.59. The number of rotatable bonds is 5. The average Bonchev–Trinajstić information content (AvgIpc) is 2.42. The zero-order valence-corrected chi connectivity index (χ0v) is 13.4. The number of hydrogen-bond donors (Lipinski definition) is 1. The summed E-state index contributed by atoms with van der Waals surface area (Å²) < 4.78 is 19.8. The monoisotopic (exact) mass is 347 g/mol. The normalized spacial score (nSPS) is 21.3. The molecule has 2 unspecified atom stereocenters. The summed E-state index contributed by atoms with van der Waals surface area (Å²) in [5.74, 6) is 1.89. The Morgan fingerprint density at radius 2 is 2.42 bits per heavy atom. The van der Waals surface area contributed by atoms with Gasteiger partial charge in [0, 0.05) is 22.0 Å². The molecule has 1 aliphatic heterocycles. The van der Waals surface area contributed by atoms with Crippen molar-refractivity contribution in [2.24, 2.45) is 0 Å². The largest absolute Gasteiger partial charge is 0.375 e. The molecule has 1 aromatic rings. The second-order valence-corrected chi connectivity index (χ2v) is 6.59. The number of ether oxygens (including phenoxy) is 1. The van der Waals surface area contributed by atoms with Gasteiger partial charge in [0.2, 0.25) is 0 Å². The quantitative estimate of drug-likeness (QED) is 0.883. The molecule has 2 nitrogen and oxygen atoms in total. The Balaban J connectivity index is 2.06. The number of thioether (sulfide) groups is 1. The molecule has 0 aromatic heterocycles. The van der Waals surface area contributed by atoms with Crippen LogP contribution in [0.5, 0.6) is 0 Å². The van der Waals surface area contributed by atoms with Gasteiger partial charge in [0.1, 0.15) is 5.82 Å². The Kier molecular flexibility index (Phi) is 6.13. The smallest absolute Gasteiger partial charge is 0.124 e. The molecule has 1 fully saturated rings. The van der Waals surface area contributed by atoms with Crippen molar-refractivity contribution in [3.8, 4) is 0 Å². The standard InChI is InChI=1S/C14H19BrFNOS/c1-2-17-13(14-9-19-6-5-18-14)7-10-3-4-11(16)8-12(10)15/h3-4,8,13-14,17H,2,5-7,9H2,1H3. The third-order valence-corrected chi connectivity index (χ3v) is 4.97. The number of nitrogens with one attached hydrogen (secondary N) is 1. The minimum absolute atomic E-state index is 0.208. The molecule has 19 heavy (non-hydrogen) atoms. The lowest BCUT2D eigenvalue weighted by Gasteiger charge is -2.31. The second kappa shape index (κ2) is 7.62. The van der Waals surface area contributed by atoms with Gasteiger partial charge in [-0.25, -0.2) is 4.39 Å². The minimum atomic E-state index is -0.208. The predicted molar refractivity (Wildman–Crippen MR) is 82.3 cm³/mol. The van der Waals surface area contributed by atoms with E-state index in [-0.39, 0.29) is 18.0 Å². The van der Waals surface area contributed by atoms with E-state index in [0.29, 0.717) is 0 Å². The van der Waals surface area contributed by atoms with Crippen molar-refractivity contribution in [2.75, 3.05) is 24.7 Å². The molecule has 0 radical (unpaired) electrons. The van der Waals surface area contributed by atoms with E-state index in [0.717, 1.165) is 41.1 Å². The Morgan fingerprint density at radius 1 is 1.58 bits per heavy atom. The number of benzene rings is 1. The first-order chi connectivity index (χ1) is 9.20. The maximum atomic E-state index is 13.1. The first kappa shape index (κ1) is 15.3. The molecule has 0 saturated carbocycles. The van der Waals surface area contributed by atoms with Crippen LogP contribution in [0.25, 0.3) is 0 Å². The summed E-state index contributed by atoms with van der Waals surface area (Å²) in [6.07, 6.45) is 1.08. The number of hydrogen-bond acceptors (Lipinski definition) is 3. The molecule has 5 heteroatoms. The molecule has 0 aliphatic carbocycles. The van der Waals surface area contributed by atoms with Crippen LogP contribution in [0.15, 0.2) is 22.7 Å². The van der Waals surface area contributed by atoms with Crippen molar-refractivity contribution in [1.29, 1.82) is 0 Å². The molecule has 106 valence electrons.